The normalized spacial score (nSPS) is 11.6. The number of furan rings is 1. The average Bonchev–Trinajstić information content (AvgIpc) is 3.45. The quantitative estimate of drug-likeness (QED) is 0.0813. The van der Waals surface area contributed by atoms with Crippen LogP contribution in [0.5, 0.6) is 28.7 Å². The molecular formula is C38H24O6. The number of phenolic OH excluding ortho intramolecular Hbond substituents is 5. The minimum atomic E-state index is -0.999. The molecule has 0 aliphatic rings. The molecule has 212 valence electrons. The Bertz CT molecular complexity index is 2370. The van der Waals surface area contributed by atoms with Crippen LogP contribution in [0.3, 0.4) is 0 Å². The Morgan fingerprint density at radius 3 is 1.27 bits per heavy atom. The Morgan fingerprint density at radius 1 is 0.318 bits per heavy atom. The van der Waals surface area contributed by atoms with Crippen molar-refractivity contribution in [3.63, 3.8) is 0 Å². The largest absolute Gasteiger partial charge is 0.504 e. The molecule has 0 spiro atoms. The summed E-state index contributed by atoms with van der Waals surface area (Å²) in [6.45, 7) is 0. The van der Waals surface area contributed by atoms with Crippen LogP contribution in [-0.2, 0) is 0 Å². The number of hydrogen-bond acceptors (Lipinski definition) is 6. The lowest BCUT2D eigenvalue weighted by Gasteiger charge is -2.20. The maximum atomic E-state index is 10.9. The molecule has 0 bridgehead atoms. The van der Waals surface area contributed by atoms with Crippen molar-refractivity contribution in [1.29, 1.82) is 0 Å². The highest BCUT2D eigenvalue weighted by atomic mass is 16.4. The summed E-state index contributed by atoms with van der Waals surface area (Å²) in [5.41, 5.74) is 5.20. The van der Waals surface area contributed by atoms with Gasteiger partial charge in [0, 0.05) is 21.9 Å². The molecule has 6 heteroatoms. The van der Waals surface area contributed by atoms with Crippen molar-refractivity contribution in [3.8, 4) is 62.1 Å². The van der Waals surface area contributed by atoms with Gasteiger partial charge in [-0.3, -0.25) is 0 Å². The Balaban J connectivity index is 1.51. The van der Waals surface area contributed by atoms with Gasteiger partial charge in [-0.05, 0) is 44.3 Å². The van der Waals surface area contributed by atoms with E-state index in [1.165, 1.54) is 0 Å². The van der Waals surface area contributed by atoms with Gasteiger partial charge in [0.05, 0.1) is 5.56 Å². The van der Waals surface area contributed by atoms with E-state index in [1.54, 1.807) is 12.1 Å². The highest BCUT2D eigenvalue weighted by Gasteiger charge is 2.27. The van der Waals surface area contributed by atoms with E-state index >= 15 is 0 Å². The fourth-order valence-corrected chi connectivity index (χ4v) is 6.51. The second kappa shape index (κ2) is 9.44. The lowest BCUT2D eigenvalue weighted by atomic mass is 9.83. The summed E-state index contributed by atoms with van der Waals surface area (Å²) in [6.07, 6.45) is 0. The molecule has 7 aromatic carbocycles. The summed E-state index contributed by atoms with van der Waals surface area (Å²) in [5, 5.41) is 58.4. The van der Waals surface area contributed by atoms with E-state index in [4.69, 9.17) is 4.42 Å². The zero-order chi connectivity index (χ0) is 30.1. The second-order valence-electron chi connectivity index (χ2n) is 10.8. The fraction of sp³-hybridized carbons (Fsp3) is 0. The highest BCUT2D eigenvalue weighted by molar-refractivity contribution is 6.25. The number of para-hydroxylation sites is 2. The van der Waals surface area contributed by atoms with Gasteiger partial charge in [0.1, 0.15) is 11.2 Å². The van der Waals surface area contributed by atoms with Gasteiger partial charge in [0.25, 0.3) is 0 Å². The molecule has 0 aliphatic heterocycles. The predicted molar refractivity (Wildman–Crippen MR) is 173 cm³/mol. The first-order chi connectivity index (χ1) is 21.5. The van der Waals surface area contributed by atoms with Gasteiger partial charge in [-0.15, -0.1) is 0 Å². The first-order valence-electron chi connectivity index (χ1n) is 14.1. The van der Waals surface area contributed by atoms with Crippen molar-refractivity contribution in [3.05, 3.63) is 115 Å². The molecule has 0 unspecified atom stereocenters. The molecule has 8 aromatic rings. The molecule has 0 amide bonds. The van der Waals surface area contributed by atoms with Crippen LogP contribution in [-0.4, -0.2) is 25.5 Å². The van der Waals surface area contributed by atoms with E-state index < -0.39 is 28.7 Å². The van der Waals surface area contributed by atoms with Gasteiger partial charge in [-0.25, -0.2) is 0 Å². The van der Waals surface area contributed by atoms with E-state index in [0.717, 1.165) is 60.2 Å². The van der Waals surface area contributed by atoms with Gasteiger partial charge in [0.15, 0.2) is 11.5 Å². The number of fused-ring (bicyclic) bond motifs is 5. The number of hydrogen-bond donors (Lipinski definition) is 5. The number of rotatable bonds is 3. The van der Waals surface area contributed by atoms with Gasteiger partial charge >= 0.3 is 0 Å². The number of benzene rings is 7. The van der Waals surface area contributed by atoms with E-state index in [2.05, 4.69) is 30.3 Å². The molecule has 1 heterocycles. The van der Waals surface area contributed by atoms with E-state index in [9.17, 15) is 25.5 Å². The summed E-state index contributed by atoms with van der Waals surface area (Å²) in [5.74, 6) is -4.33. The Kier molecular flexibility index (Phi) is 5.48. The van der Waals surface area contributed by atoms with Gasteiger partial charge in [-0.1, -0.05) is 109 Å². The van der Waals surface area contributed by atoms with Gasteiger partial charge in [-0.2, -0.15) is 0 Å². The SMILES string of the molecule is Oc1c(O)c(O)c(-c2ccccc2-c2c3ccccc3c(-c3cccc4c3oc3ccccc34)c3ccccc23)c(O)c1O. The van der Waals surface area contributed by atoms with Crippen molar-refractivity contribution in [1.82, 2.24) is 0 Å². The van der Waals surface area contributed by atoms with Gasteiger partial charge in [0.2, 0.25) is 17.2 Å². The van der Waals surface area contributed by atoms with Crippen molar-refractivity contribution in [2.75, 3.05) is 0 Å². The molecule has 5 N–H and O–H groups in total. The summed E-state index contributed by atoms with van der Waals surface area (Å²) >= 11 is 0. The van der Waals surface area contributed by atoms with Crippen LogP contribution >= 0.6 is 0 Å². The Morgan fingerprint density at radius 2 is 0.705 bits per heavy atom. The van der Waals surface area contributed by atoms with Crippen LogP contribution in [0, 0.1) is 0 Å². The third kappa shape index (κ3) is 3.48. The molecular weight excluding hydrogens is 552 g/mol. The predicted octanol–water partition coefficient (Wildman–Crippen LogP) is 9.42. The number of aromatic hydroxyl groups is 5. The maximum Gasteiger partial charge on any atom is 0.208 e. The smallest absolute Gasteiger partial charge is 0.208 e. The first-order valence-corrected chi connectivity index (χ1v) is 14.1. The summed E-state index contributed by atoms with van der Waals surface area (Å²) in [4.78, 5) is 0. The molecule has 0 fully saturated rings. The van der Waals surface area contributed by atoms with Crippen molar-refractivity contribution < 1.29 is 29.9 Å². The first kappa shape index (κ1) is 25.6. The average molecular weight is 577 g/mol. The van der Waals surface area contributed by atoms with Crippen LogP contribution in [0.25, 0.3) is 76.9 Å². The minimum Gasteiger partial charge on any atom is -0.504 e. The third-order valence-corrected chi connectivity index (χ3v) is 8.44. The molecule has 0 radical (unpaired) electrons. The van der Waals surface area contributed by atoms with E-state index in [-0.39, 0.29) is 5.56 Å². The molecule has 8 rings (SSSR count). The standard InChI is InChI=1S/C38H24O6/c39-33-32(34(40)36(42)37(43)35(33)41)26-16-6-5-15-25(26)30-21-11-1-3-13-23(21)31(24-14-4-2-12-22(24)30)28-18-9-17-27-20-10-7-8-19-29(20)44-38(27)28/h1-19,39-43H. The van der Waals surface area contributed by atoms with Gasteiger partial charge < -0.3 is 29.9 Å². The monoisotopic (exact) mass is 576 g/mol. The maximum absolute atomic E-state index is 10.9. The summed E-state index contributed by atoms with van der Waals surface area (Å²) in [6, 6.07) is 37.4. The lowest BCUT2D eigenvalue weighted by Crippen LogP contribution is -1.93. The Hall–Kier alpha value is -6.14. The fourth-order valence-electron chi connectivity index (χ4n) is 6.51. The lowest BCUT2D eigenvalue weighted by molar-refractivity contribution is 0.330. The van der Waals surface area contributed by atoms with E-state index in [1.807, 2.05) is 72.8 Å². The van der Waals surface area contributed by atoms with Crippen LogP contribution in [0.15, 0.2) is 120 Å². The molecule has 0 atom stereocenters. The zero-order valence-electron chi connectivity index (χ0n) is 23.1. The molecule has 0 saturated heterocycles. The molecule has 1 aromatic heterocycles. The highest BCUT2D eigenvalue weighted by Crippen LogP contribution is 2.57. The Labute approximate surface area is 250 Å². The minimum absolute atomic E-state index is 0.197. The topological polar surface area (TPSA) is 114 Å². The third-order valence-electron chi connectivity index (χ3n) is 8.44. The van der Waals surface area contributed by atoms with Crippen LogP contribution in [0.2, 0.25) is 0 Å². The number of phenols is 5. The second-order valence-corrected chi connectivity index (χ2v) is 10.8. The van der Waals surface area contributed by atoms with E-state index in [0.29, 0.717) is 11.1 Å². The van der Waals surface area contributed by atoms with Crippen LogP contribution < -0.4 is 0 Å². The summed E-state index contributed by atoms with van der Waals surface area (Å²) < 4.78 is 6.46. The van der Waals surface area contributed by atoms with Crippen LogP contribution in [0.1, 0.15) is 0 Å². The van der Waals surface area contributed by atoms with Crippen molar-refractivity contribution >= 4 is 43.5 Å². The van der Waals surface area contributed by atoms with Crippen molar-refractivity contribution in [2.45, 2.75) is 0 Å². The van der Waals surface area contributed by atoms with Crippen molar-refractivity contribution in [2.24, 2.45) is 0 Å². The molecule has 6 nitrogen and oxygen atoms in total. The molecule has 44 heavy (non-hydrogen) atoms. The molecule has 0 saturated carbocycles. The zero-order valence-corrected chi connectivity index (χ0v) is 23.1. The van der Waals surface area contributed by atoms with Crippen LogP contribution in [0.4, 0.5) is 0 Å². The molecule has 0 aliphatic carbocycles. The summed E-state index contributed by atoms with van der Waals surface area (Å²) in [7, 11) is 0.